The SMILES string of the molecule is COC(=O)C(C)NCc1cc2ccccc2o1. The van der Waals surface area contributed by atoms with E-state index in [0.29, 0.717) is 6.54 Å². The number of hydrogen-bond donors (Lipinski definition) is 1. The van der Waals surface area contributed by atoms with Crippen LogP contribution >= 0.6 is 0 Å². The van der Waals surface area contributed by atoms with E-state index in [0.717, 1.165) is 16.7 Å². The maximum atomic E-state index is 11.2. The van der Waals surface area contributed by atoms with Crippen molar-refractivity contribution in [1.29, 1.82) is 0 Å². The fourth-order valence-corrected chi connectivity index (χ4v) is 1.64. The number of rotatable bonds is 4. The summed E-state index contributed by atoms with van der Waals surface area (Å²) in [6.07, 6.45) is 0. The zero-order valence-corrected chi connectivity index (χ0v) is 9.90. The van der Waals surface area contributed by atoms with Crippen LogP contribution in [0.2, 0.25) is 0 Å². The molecule has 1 unspecified atom stereocenters. The second-order valence-corrected chi connectivity index (χ2v) is 3.88. The van der Waals surface area contributed by atoms with E-state index in [1.54, 1.807) is 6.92 Å². The zero-order chi connectivity index (χ0) is 12.3. The van der Waals surface area contributed by atoms with E-state index in [1.807, 2.05) is 30.3 Å². The minimum Gasteiger partial charge on any atom is -0.468 e. The molecule has 2 aromatic rings. The summed E-state index contributed by atoms with van der Waals surface area (Å²) in [7, 11) is 1.38. The summed E-state index contributed by atoms with van der Waals surface area (Å²) < 4.78 is 10.2. The van der Waals surface area contributed by atoms with Crippen LogP contribution in [-0.2, 0) is 16.1 Å². The Kier molecular flexibility index (Phi) is 3.44. The summed E-state index contributed by atoms with van der Waals surface area (Å²) in [4.78, 5) is 11.2. The Balaban J connectivity index is 2.01. The Labute approximate surface area is 99.6 Å². The third-order valence-corrected chi connectivity index (χ3v) is 2.61. The minimum absolute atomic E-state index is 0.277. The number of methoxy groups -OCH3 is 1. The van der Waals surface area contributed by atoms with Gasteiger partial charge < -0.3 is 9.15 Å². The van der Waals surface area contributed by atoms with Gasteiger partial charge in [0, 0.05) is 5.39 Å². The maximum Gasteiger partial charge on any atom is 0.322 e. The maximum absolute atomic E-state index is 11.2. The number of furan rings is 1. The van der Waals surface area contributed by atoms with Crippen molar-refractivity contribution in [2.75, 3.05) is 7.11 Å². The molecule has 4 nitrogen and oxygen atoms in total. The van der Waals surface area contributed by atoms with Gasteiger partial charge in [-0.15, -0.1) is 0 Å². The third-order valence-electron chi connectivity index (χ3n) is 2.61. The van der Waals surface area contributed by atoms with Crippen LogP contribution in [0.5, 0.6) is 0 Å². The number of benzene rings is 1. The van der Waals surface area contributed by atoms with Crippen LogP contribution in [0.1, 0.15) is 12.7 Å². The molecule has 1 atom stereocenters. The topological polar surface area (TPSA) is 51.5 Å². The van der Waals surface area contributed by atoms with Gasteiger partial charge in [0.1, 0.15) is 17.4 Å². The van der Waals surface area contributed by atoms with E-state index in [2.05, 4.69) is 10.1 Å². The van der Waals surface area contributed by atoms with Gasteiger partial charge in [-0.2, -0.15) is 0 Å². The quantitative estimate of drug-likeness (QED) is 0.821. The number of esters is 1. The molecule has 0 aliphatic rings. The van der Waals surface area contributed by atoms with Crippen LogP contribution in [-0.4, -0.2) is 19.1 Å². The van der Waals surface area contributed by atoms with Crippen molar-refractivity contribution in [3.05, 3.63) is 36.1 Å². The third kappa shape index (κ3) is 2.65. The van der Waals surface area contributed by atoms with Gasteiger partial charge in [0.15, 0.2) is 0 Å². The molecule has 0 bridgehead atoms. The van der Waals surface area contributed by atoms with Crippen LogP contribution in [0.3, 0.4) is 0 Å². The summed E-state index contributed by atoms with van der Waals surface area (Å²) in [5, 5.41) is 4.11. The average Bonchev–Trinajstić information content (AvgIpc) is 2.77. The molecule has 0 amide bonds. The molecule has 0 radical (unpaired) electrons. The first-order chi connectivity index (χ1) is 8.20. The molecule has 90 valence electrons. The smallest absolute Gasteiger partial charge is 0.322 e. The van der Waals surface area contributed by atoms with Gasteiger partial charge in [0.05, 0.1) is 13.7 Å². The van der Waals surface area contributed by atoms with E-state index in [1.165, 1.54) is 7.11 Å². The summed E-state index contributed by atoms with van der Waals surface area (Å²) in [5.41, 5.74) is 0.857. The number of hydrogen-bond acceptors (Lipinski definition) is 4. The van der Waals surface area contributed by atoms with E-state index in [4.69, 9.17) is 4.42 Å². The van der Waals surface area contributed by atoms with Crippen LogP contribution in [0.25, 0.3) is 11.0 Å². The predicted octanol–water partition coefficient (Wildman–Crippen LogP) is 2.08. The van der Waals surface area contributed by atoms with Crippen LogP contribution in [0.15, 0.2) is 34.7 Å². The Hall–Kier alpha value is -1.81. The van der Waals surface area contributed by atoms with E-state index >= 15 is 0 Å². The normalized spacial score (nSPS) is 12.6. The van der Waals surface area contributed by atoms with Crippen molar-refractivity contribution < 1.29 is 13.9 Å². The first-order valence-corrected chi connectivity index (χ1v) is 5.49. The van der Waals surface area contributed by atoms with Crippen molar-refractivity contribution in [2.45, 2.75) is 19.5 Å². The fourth-order valence-electron chi connectivity index (χ4n) is 1.64. The van der Waals surface area contributed by atoms with Crippen molar-refractivity contribution in [3.63, 3.8) is 0 Å². The molecule has 0 aliphatic carbocycles. The minimum atomic E-state index is -0.340. The Bertz CT molecular complexity index is 485. The molecule has 1 N–H and O–H groups in total. The summed E-state index contributed by atoms with van der Waals surface area (Å²) >= 11 is 0. The molecule has 4 heteroatoms. The standard InChI is InChI=1S/C13H15NO3/c1-9(13(15)16-2)14-8-11-7-10-5-3-4-6-12(10)17-11/h3-7,9,14H,8H2,1-2H3. The van der Waals surface area contributed by atoms with Crippen molar-refractivity contribution in [1.82, 2.24) is 5.32 Å². The van der Waals surface area contributed by atoms with Crippen LogP contribution in [0, 0.1) is 0 Å². The molecule has 1 aromatic heterocycles. The summed E-state index contributed by atoms with van der Waals surface area (Å²) in [6.45, 7) is 2.26. The number of carbonyl (C=O) groups is 1. The number of nitrogens with one attached hydrogen (secondary N) is 1. The van der Waals surface area contributed by atoms with Gasteiger partial charge in [0.2, 0.25) is 0 Å². The lowest BCUT2D eigenvalue weighted by molar-refractivity contribution is -0.142. The molecule has 0 spiro atoms. The Morgan fingerprint density at radius 1 is 1.47 bits per heavy atom. The zero-order valence-electron chi connectivity index (χ0n) is 9.90. The van der Waals surface area contributed by atoms with Crippen molar-refractivity contribution in [2.24, 2.45) is 0 Å². The molecule has 0 fully saturated rings. The van der Waals surface area contributed by atoms with Gasteiger partial charge in [-0.25, -0.2) is 0 Å². The largest absolute Gasteiger partial charge is 0.468 e. The highest BCUT2D eigenvalue weighted by Crippen LogP contribution is 2.18. The monoisotopic (exact) mass is 233 g/mol. The fraction of sp³-hybridized carbons (Fsp3) is 0.308. The molecule has 0 saturated carbocycles. The van der Waals surface area contributed by atoms with Gasteiger partial charge in [0.25, 0.3) is 0 Å². The molecule has 17 heavy (non-hydrogen) atoms. The highest BCUT2D eigenvalue weighted by Gasteiger charge is 2.12. The molecular formula is C13H15NO3. The highest BCUT2D eigenvalue weighted by atomic mass is 16.5. The van der Waals surface area contributed by atoms with Gasteiger partial charge in [-0.1, -0.05) is 18.2 Å². The van der Waals surface area contributed by atoms with E-state index in [9.17, 15) is 4.79 Å². The molecule has 0 saturated heterocycles. The lowest BCUT2D eigenvalue weighted by Gasteiger charge is -2.09. The predicted molar refractivity (Wildman–Crippen MR) is 64.5 cm³/mol. The Morgan fingerprint density at radius 2 is 2.24 bits per heavy atom. The van der Waals surface area contributed by atoms with Crippen LogP contribution < -0.4 is 5.32 Å². The van der Waals surface area contributed by atoms with Gasteiger partial charge in [-0.05, 0) is 19.1 Å². The van der Waals surface area contributed by atoms with Gasteiger partial charge >= 0.3 is 5.97 Å². The van der Waals surface area contributed by atoms with E-state index < -0.39 is 0 Å². The molecule has 0 aliphatic heterocycles. The molecule has 2 rings (SSSR count). The van der Waals surface area contributed by atoms with E-state index in [-0.39, 0.29) is 12.0 Å². The lowest BCUT2D eigenvalue weighted by Crippen LogP contribution is -2.34. The molecule has 1 heterocycles. The van der Waals surface area contributed by atoms with Crippen LogP contribution in [0.4, 0.5) is 0 Å². The first-order valence-electron chi connectivity index (χ1n) is 5.49. The van der Waals surface area contributed by atoms with Crippen molar-refractivity contribution in [3.8, 4) is 0 Å². The average molecular weight is 233 g/mol. The lowest BCUT2D eigenvalue weighted by atomic mass is 10.2. The number of para-hydroxylation sites is 1. The summed E-state index contributed by atoms with van der Waals surface area (Å²) in [5.74, 6) is 0.531. The summed E-state index contributed by atoms with van der Waals surface area (Å²) in [6, 6.07) is 9.43. The number of fused-ring (bicyclic) bond motifs is 1. The highest BCUT2D eigenvalue weighted by molar-refractivity contribution is 5.77. The molecular weight excluding hydrogens is 218 g/mol. The second kappa shape index (κ2) is 5.01. The van der Waals surface area contributed by atoms with Crippen molar-refractivity contribution >= 4 is 16.9 Å². The van der Waals surface area contributed by atoms with Gasteiger partial charge in [-0.3, -0.25) is 10.1 Å². The number of carbonyl (C=O) groups excluding carboxylic acids is 1. The molecule has 1 aromatic carbocycles. The Morgan fingerprint density at radius 3 is 2.94 bits per heavy atom. The second-order valence-electron chi connectivity index (χ2n) is 3.88. The first kappa shape index (κ1) is 11.7. The number of ether oxygens (including phenoxy) is 1.